The van der Waals surface area contributed by atoms with E-state index in [9.17, 15) is 19.8 Å². The fraction of sp³-hybridized carbons (Fsp3) is 0.368. The number of rotatable bonds is 1. The van der Waals surface area contributed by atoms with Gasteiger partial charge in [0.15, 0.2) is 0 Å². The van der Waals surface area contributed by atoms with Gasteiger partial charge in [-0.2, -0.15) is 0 Å². The molecule has 0 spiro atoms. The Bertz CT molecular complexity index is 887. The lowest BCUT2D eigenvalue weighted by Crippen LogP contribution is -2.39. The van der Waals surface area contributed by atoms with Gasteiger partial charge in [0.1, 0.15) is 5.76 Å². The third-order valence-corrected chi connectivity index (χ3v) is 5.45. The van der Waals surface area contributed by atoms with E-state index in [1.807, 2.05) is 19.9 Å². The minimum absolute atomic E-state index is 0.171. The van der Waals surface area contributed by atoms with E-state index in [0.29, 0.717) is 35.3 Å². The van der Waals surface area contributed by atoms with Gasteiger partial charge in [0, 0.05) is 22.1 Å². The van der Waals surface area contributed by atoms with Gasteiger partial charge in [0.05, 0.1) is 24.5 Å². The van der Waals surface area contributed by atoms with Crippen LogP contribution in [0.15, 0.2) is 22.8 Å². The lowest BCUT2D eigenvalue weighted by atomic mass is 9.67. The van der Waals surface area contributed by atoms with Gasteiger partial charge < -0.3 is 14.6 Å². The van der Waals surface area contributed by atoms with Crippen LogP contribution in [0.1, 0.15) is 57.7 Å². The molecule has 2 aliphatic rings. The third-order valence-electron chi connectivity index (χ3n) is 5.45. The first-order valence-corrected chi connectivity index (χ1v) is 8.03. The predicted molar refractivity (Wildman–Crippen MR) is 86.1 cm³/mol. The second-order valence-electron chi connectivity index (χ2n) is 7.07. The molecule has 1 atom stereocenters. The molecule has 2 N–H and O–H groups in total. The number of benzene rings is 1. The molecule has 2 aliphatic carbocycles. The number of carbonyl (C=O) groups is 2. The Morgan fingerprint density at radius 3 is 2.62 bits per heavy atom. The zero-order valence-electron chi connectivity index (χ0n) is 13.5. The number of furan rings is 1. The van der Waals surface area contributed by atoms with E-state index in [-0.39, 0.29) is 12.2 Å². The second-order valence-corrected chi connectivity index (χ2v) is 7.07. The fourth-order valence-corrected chi connectivity index (χ4v) is 3.97. The van der Waals surface area contributed by atoms with Gasteiger partial charge in [-0.05, 0) is 24.0 Å². The largest absolute Gasteiger partial charge is 0.463 e. The first kappa shape index (κ1) is 15.3. The zero-order valence-corrected chi connectivity index (χ0v) is 13.5. The molecule has 124 valence electrons. The highest BCUT2D eigenvalue weighted by Crippen LogP contribution is 2.44. The number of Topliss-reactive ketones (excluding diaryl/α,β-unsaturated/α-hetero) is 2. The Hall–Kier alpha value is -2.24. The smallest absolute Gasteiger partial charge is 0.237 e. The maximum atomic E-state index is 12.8. The standard InChI is InChI=1S/C19H18O5/c1-19(2)12-5-3-11-15(10(12)4-6-13(19)21)17(23)16(22)14-9(7-20)8-24-18(11)14/h3,5,8,13,20-21H,4,6-7H2,1-2H3. The lowest BCUT2D eigenvalue weighted by molar-refractivity contribution is 0.0791. The van der Waals surface area contributed by atoms with Crippen molar-refractivity contribution in [2.24, 2.45) is 0 Å². The van der Waals surface area contributed by atoms with Crippen LogP contribution in [0.5, 0.6) is 0 Å². The molecule has 4 rings (SSSR count). The minimum atomic E-state index is -0.632. The Labute approximate surface area is 138 Å². The number of hydrogen-bond acceptors (Lipinski definition) is 5. The summed E-state index contributed by atoms with van der Waals surface area (Å²) in [5, 5.41) is 19.7. The molecule has 1 heterocycles. The van der Waals surface area contributed by atoms with Crippen LogP contribution in [0.4, 0.5) is 0 Å². The summed E-state index contributed by atoms with van der Waals surface area (Å²) in [6, 6.07) is 3.69. The molecule has 0 amide bonds. The second kappa shape index (κ2) is 4.88. The van der Waals surface area contributed by atoms with Crippen LogP contribution in [0.25, 0.3) is 11.3 Å². The summed E-state index contributed by atoms with van der Waals surface area (Å²) < 4.78 is 5.50. The Morgan fingerprint density at radius 1 is 1.21 bits per heavy atom. The van der Waals surface area contributed by atoms with Crippen molar-refractivity contribution in [2.75, 3.05) is 0 Å². The topological polar surface area (TPSA) is 87.7 Å². The summed E-state index contributed by atoms with van der Waals surface area (Å²) in [5.74, 6) is -0.837. The van der Waals surface area contributed by atoms with Crippen molar-refractivity contribution in [1.29, 1.82) is 0 Å². The monoisotopic (exact) mass is 326 g/mol. The number of ketones is 2. The molecule has 1 unspecified atom stereocenters. The van der Waals surface area contributed by atoms with Crippen LogP contribution in [-0.4, -0.2) is 27.9 Å². The van der Waals surface area contributed by atoms with Crippen molar-refractivity contribution < 1.29 is 24.2 Å². The number of aliphatic hydroxyl groups excluding tert-OH is 2. The molecule has 0 fully saturated rings. The highest BCUT2D eigenvalue weighted by molar-refractivity contribution is 6.53. The summed E-state index contributed by atoms with van der Waals surface area (Å²) in [6.07, 6.45) is 1.94. The molecule has 0 aliphatic heterocycles. The zero-order chi connectivity index (χ0) is 17.2. The Balaban J connectivity index is 2.03. The Morgan fingerprint density at radius 2 is 1.92 bits per heavy atom. The molecule has 1 aromatic carbocycles. The molecule has 0 bridgehead atoms. The van der Waals surface area contributed by atoms with Gasteiger partial charge in [0.2, 0.25) is 11.6 Å². The van der Waals surface area contributed by atoms with E-state index in [0.717, 1.165) is 11.1 Å². The first-order valence-electron chi connectivity index (χ1n) is 8.03. The van der Waals surface area contributed by atoms with Gasteiger partial charge in [-0.1, -0.05) is 26.0 Å². The van der Waals surface area contributed by atoms with Gasteiger partial charge in [-0.15, -0.1) is 0 Å². The van der Waals surface area contributed by atoms with Gasteiger partial charge in [-0.3, -0.25) is 9.59 Å². The van der Waals surface area contributed by atoms with Crippen LogP contribution in [0, 0.1) is 0 Å². The van der Waals surface area contributed by atoms with Crippen LogP contribution < -0.4 is 0 Å². The van der Waals surface area contributed by atoms with Crippen molar-refractivity contribution >= 4 is 11.6 Å². The maximum Gasteiger partial charge on any atom is 0.237 e. The van der Waals surface area contributed by atoms with Crippen LogP contribution in [0.3, 0.4) is 0 Å². The lowest BCUT2D eigenvalue weighted by Gasteiger charge is -2.38. The molecule has 0 radical (unpaired) electrons. The number of aliphatic hydroxyl groups is 2. The normalized spacial score (nSPS) is 21.2. The first-order chi connectivity index (χ1) is 11.4. The van der Waals surface area contributed by atoms with Crippen molar-refractivity contribution in [3.8, 4) is 11.3 Å². The molecule has 2 aromatic rings. The highest BCUT2D eigenvalue weighted by atomic mass is 16.3. The predicted octanol–water partition coefficient (Wildman–Crippen LogP) is 2.40. The van der Waals surface area contributed by atoms with Crippen molar-refractivity contribution in [3.63, 3.8) is 0 Å². The number of hydrogen-bond donors (Lipinski definition) is 2. The quantitative estimate of drug-likeness (QED) is 0.786. The summed E-state index contributed by atoms with van der Waals surface area (Å²) in [4.78, 5) is 25.3. The molecular formula is C19H18O5. The highest BCUT2D eigenvalue weighted by Gasteiger charge is 2.42. The van der Waals surface area contributed by atoms with Gasteiger partial charge in [-0.25, -0.2) is 0 Å². The molecule has 5 heteroatoms. The average Bonchev–Trinajstić information content (AvgIpc) is 2.99. The molecule has 0 saturated carbocycles. The van der Waals surface area contributed by atoms with Crippen LogP contribution in [0.2, 0.25) is 0 Å². The summed E-state index contributed by atoms with van der Waals surface area (Å²) in [7, 11) is 0. The van der Waals surface area contributed by atoms with Crippen molar-refractivity contribution in [2.45, 2.75) is 44.8 Å². The van der Waals surface area contributed by atoms with E-state index in [2.05, 4.69) is 0 Å². The average molecular weight is 326 g/mol. The molecule has 0 saturated heterocycles. The summed E-state index contributed by atoms with van der Waals surface area (Å²) in [5.41, 5.74) is 2.75. The molecule has 24 heavy (non-hydrogen) atoms. The maximum absolute atomic E-state index is 12.8. The van der Waals surface area contributed by atoms with Crippen LogP contribution in [-0.2, 0) is 18.4 Å². The molecular weight excluding hydrogens is 308 g/mol. The van der Waals surface area contributed by atoms with Gasteiger partial charge >= 0.3 is 0 Å². The Kier molecular flexibility index (Phi) is 3.11. The van der Waals surface area contributed by atoms with Crippen molar-refractivity contribution in [1.82, 2.24) is 0 Å². The summed E-state index contributed by atoms with van der Waals surface area (Å²) >= 11 is 0. The summed E-state index contributed by atoms with van der Waals surface area (Å²) in [6.45, 7) is 3.54. The van der Waals surface area contributed by atoms with E-state index in [4.69, 9.17) is 4.42 Å². The van der Waals surface area contributed by atoms with E-state index in [1.165, 1.54) is 6.26 Å². The van der Waals surface area contributed by atoms with Crippen LogP contribution >= 0.6 is 0 Å². The van der Waals surface area contributed by atoms with Gasteiger partial charge in [0.25, 0.3) is 0 Å². The minimum Gasteiger partial charge on any atom is -0.463 e. The molecule has 1 aromatic heterocycles. The van der Waals surface area contributed by atoms with Crippen molar-refractivity contribution in [3.05, 3.63) is 46.2 Å². The van der Waals surface area contributed by atoms with E-state index in [1.54, 1.807) is 6.07 Å². The SMILES string of the molecule is CC1(C)c2ccc3c(c2CCC1O)C(=O)C(=O)c1c(CO)coc1-3. The van der Waals surface area contributed by atoms with E-state index >= 15 is 0 Å². The molecule has 5 nitrogen and oxygen atoms in total. The number of carbonyl (C=O) groups excluding carboxylic acids is 2. The van der Waals surface area contributed by atoms with E-state index < -0.39 is 23.1 Å². The number of fused-ring (bicyclic) bond motifs is 5. The fourth-order valence-electron chi connectivity index (χ4n) is 3.97. The third kappa shape index (κ3) is 1.77.